The van der Waals surface area contributed by atoms with E-state index in [1.165, 1.54) is 0 Å². The molecule has 0 saturated carbocycles. The summed E-state index contributed by atoms with van der Waals surface area (Å²) in [5, 5.41) is 0. The Hall–Kier alpha value is -0.0200. The summed E-state index contributed by atoms with van der Waals surface area (Å²) in [4.78, 5) is 18.0. The minimum atomic E-state index is -3.69. The Morgan fingerprint density at radius 1 is 1.62 bits per heavy atom. The van der Waals surface area contributed by atoms with Crippen molar-refractivity contribution in [2.45, 2.75) is 13.8 Å². The van der Waals surface area contributed by atoms with Gasteiger partial charge in [-0.15, -0.1) is 0 Å². The molecule has 0 spiro atoms. The summed E-state index contributed by atoms with van der Waals surface area (Å²) in [6.07, 6.45) is -3.69. The number of hydrogen-bond donors (Lipinski definition) is 1. The maximum Gasteiger partial charge on any atom is 0.377 e. The van der Waals surface area contributed by atoms with E-state index in [9.17, 15) is 9.36 Å². The van der Waals surface area contributed by atoms with Crippen LogP contribution in [0.1, 0.15) is 13.8 Å². The molecule has 0 aromatic rings. The Morgan fingerprint density at radius 3 is 2.00 bits per heavy atom. The Balaban J connectivity index is 0. The third-order valence-electron chi connectivity index (χ3n) is 0.624. The van der Waals surface area contributed by atoms with Crippen molar-refractivity contribution in [3.05, 3.63) is 12.2 Å². The van der Waals surface area contributed by atoms with Crippen molar-refractivity contribution in [2.75, 3.05) is 6.61 Å². The van der Waals surface area contributed by atoms with Crippen molar-refractivity contribution >= 4 is 34.5 Å². The van der Waals surface area contributed by atoms with E-state index in [2.05, 4.69) is 33.8 Å². The van der Waals surface area contributed by atoms with E-state index >= 15 is 0 Å². The lowest BCUT2D eigenvalue weighted by Gasteiger charge is -1.96. The van der Waals surface area contributed by atoms with E-state index in [-0.39, 0.29) is 5.97 Å². The number of hydrogen-bond acceptors (Lipinski definition) is 3. The fourth-order valence-electron chi connectivity index (χ4n) is 0.254. The summed E-state index contributed by atoms with van der Waals surface area (Å²) in [5.74, 6) is -0.312. The molecule has 0 aliphatic heterocycles. The third kappa shape index (κ3) is 24.5. The largest absolute Gasteiger partial charge is 0.463 e. The number of carbonyl (C=O) groups excluding carboxylic acids is 1. The summed E-state index contributed by atoms with van der Waals surface area (Å²) in [6, 6.07) is 0. The predicted octanol–water partition coefficient (Wildman–Crippen LogP) is 2.69. The van der Waals surface area contributed by atoms with Crippen molar-refractivity contribution in [3.8, 4) is 0 Å². The van der Waals surface area contributed by atoms with E-state index in [4.69, 9.17) is 4.89 Å². The smallest absolute Gasteiger partial charge is 0.377 e. The Kier molecular flexibility index (Phi) is 8.78. The first-order valence-electron chi connectivity index (χ1n) is 3.23. The number of carbonyl (C=O) groups is 1. The lowest BCUT2D eigenvalue weighted by atomic mass is 10.4. The van der Waals surface area contributed by atoms with Crippen LogP contribution in [0.4, 0.5) is 0 Å². The topological polar surface area (TPSA) is 63.6 Å². The SMILES string of the molecule is C=C(C)C(=O)OCC.O=P(O)(Cl)Cl. The van der Waals surface area contributed by atoms with E-state index in [1.807, 2.05) is 0 Å². The molecule has 0 rings (SSSR count). The number of ether oxygens (including phenoxy) is 1. The van der Waals surface area contributed by atoms with Crippen LogP contribution in [0.15, 0.2) is 12.2 Å². The molecule has 0 fully saturated rings. The van der Waals surface area contributed by atoms with Gasteiger partial charge in [0.2, 0.25) is 0 Å². The van der Waals surface area contributed by atoms with Crippen molar-refractivity contribution in [1.82, 2.24) is 0 Å². The summed E-state index contributed by atoms with van der Waals surface area (Å²) in [6.45, 7) is 7.21. The maximum atomic E-state index is 10.4. The minimum Gasteiger partial charge on any atom is -0.463 e. The highest BCUT2D eigenvalue weighted by Crippen LogP contribution is 2.51. The molecular weight excluding hydrogens is 238 g/mol. The minimum absolute atomic E-state index is 0.312. The normalized spacial score (nSPS) is 9.62. The second-order valence-corrected chi connectivity index (χ2v) is 6.07. The second kappa shape index (κ2) is 7.39. The van der Waals surface area contributed by atoms with Gasteiger partial charge in [-0.3, -0.25) is 4.57 Å². The van der Waals surface area contributed by atoms with Crippen molar-refractivity contribution in [1.29, 1.82) is 0 Å². The lowest BCUT2D eigenvalue weighted by molar-refractivity contribution is -0.138. The molecule has 0 unspecified atom stereocenters. The molecule has 0 heterocycles. The summed E-state index contributed by atoms with van der Waals surface area (Å²) in [5.41, 5.74) is 0.451. The fourth-order valence-corrected chi connectivity index (χ4v) is 0.254. The van der Waals surface area contributed by atoms with Gasteiger partial charge in [0.25, 0.3) is 0 Å². The molecule has 0 radical (unpaired) electrons. The molecule has 1 N–H and O–H groups in total. The van der Waals surface area contributed by atoms with Crippen LogP contribution < -0.4 is 0 Å². The van der Waals surface area contributed by atoms with Gasteiger partial charge >= 0.3 is 12.0 Å². The van der Waals surface area contributed by atoms with Gasteiger partial charge in [-0.1, -0.05) is 6.58 Å². The van der Waals surface area contributed by atoms with Gasteiger partial charge in [-0.05, 0) is 36.3 Å². The van der Waals surface area contributed by atoms with E-state index < -0.39 is 6.07 Å². The van der Waals surface area contributed by atoms with Crippen LogP contribution in [0.5, 0.6) is 0 Å². The second-order valence-electron chi connectivity index (χ2n) is 1.94. The average Bonchev–Trinajstić information content (AvgIpc) is 1.84. The van der Waals surface area contributed by atoms with Gasteiger partial charge in [0.15, 0.2) is 0 Å². The number of rotatable bonds is 2. The molecule has 78 valence electrons. The Labute approximate surface area is 86.5 Å². The highest BCUT2D eigenvalue weighted by Gasteiger charge is 2.02. The van der Waals surface area contributed by atoms with E-state index in [0.29, 0.717) is 12.2 Å². The van der Waals surface area contributed by atoms with Crippen LogP contribution in [0.25, 0.3) is 0 Å². The van der Waals surface area contributed by atoms with Crippen LogP contribution in [0.3, 0.4) is 0 Å². The molecule has 0 aliphatic carbocycles. The lowest BCUT2D eigenvalue weighted by Crippen LogP contribution is -2.03. The summed E-state index contributed by atoms with van der Waals surface area (Å²) in [7, 11) is 0. The van der Waals surface area contributed by atoms with Gasteiger partial charge in [-0.2, -0.15) is 0 Å². The Morgan fingerprint density at radius 2 is 1.92 bits per heavy atom. The third-order valence-corrected chi connectivity index (χ3v) is 0.624. The zero-order valence-electron chi connectivity index (χ0n) is 7.29. The first-order chi connectivity index (χ1) is 5.68. The first kappa shape index (κ1) is 15.5. The molecule has 7 heteroatoms. The molecule has 0 aromatic heterocycles. The fraction of sp³-hybridized carbons (Fsp3) is 0.500. The molecular formula is C6H11Cl2O4P. The molecule has 0 atom stereocenters. The van der Waals surface area contributed by atoms with Crippen molar-refractivity contribution < 1.29 is 19.0 Å². The van der Waals surface area contributed by atoms with E-state index in [1.54, 1.807) is 13.8 Å². The van der Waals surface area contributed by atoms with Gasteiger partial charge in [-0.25, -0.2) is 4.79 Å². The molecule has 0 bridgehead atoms. The van der Waals surface area contributed by atoms with Gasteiger partial charge in [0.05, 0.1) is 6.61 Å². The molecule has 0 saturated heterocycles. The average molecular weight is 249 g/mol. The molecule has 13 heavy (non-hydrogen) atoms. The quantitative estimate of drug-likeness (QED) is 0.464. The predicted molar refractivity (Wildman–Crippen MR) is 53.0 cm³/mol. The van der Waals surface area contributed by atoms with Crippen molar-refractivity contribution in [3.63, 3.8) is 0 Å². The van der Waals surface area contributed by atoms with Crippen LogP contribution in [0.2, 0.25) is 0 Å². The monoisotopic (exact) mass is 248 g/mol. The van der Waals surface area contributed by atoms with Crippen molar-refractivity contribution in [2.24, 2.45) is 0 Å². The molecule has 0 amide bonds. The van der Waals surface area contributed by atoms with Crippen LogP contribution >= 0.6 is 28.6 Å². The van der Waals surface area contributed by atoms with E-state index in [0.717, 1.165) is 0 Å². The summed E-state index contributed by atoms with van der Waals surface area (Å²) < 4.78 is 13.9. The number of halogens is 2. The van der Waals surface area contributed by atoms with Crippen LogP contribution in [-0.2, 0) is 14.1 Å². The van der Waals surface area contributed by atoms with Gasteiger partial charge in [0.1, 0.15) is 0 Å². The zero-order chi connectivity index (χ0) is 11.1. The highest BCUT2D eigenvalue weighted by molar-refractivity contribution is 8.04. The molecule has 4 nitrogen and oxygen atoms in total. The summed E-state index contributed by atoms with van der Waals surface area (Å²) >= 11 is 8.81. The van der Waals surface area contributed by atoms with Crippen LogP contribution in [0, 0.1) is 0 Å². The Bertz CT molecular complexity index is 214. The van der Waals surface area contributed by atoms with Gasteiger partial charge < -0.3 is 9.63 Å². The maximum absolute atomic E-state index is 10.4. The zero-order valence-corrected chi connectivity index (χ0v) is 9.70. The standard InChI is InChI=1S/C6H10O2.Cl2HO2P/c1-4-8-6(7)5(2)3;1-5(2,3)4/h2,4H2,1,3H3;(H,3,4). The molecule has 0 aromatic carbocycles. The van der Waals surface area contributed by atoms with Gasteiger partial charge in [0, 0.05) is 5.57 Å². The number of esters is 1. The van der Waals surface area contributed by atoms with Crippen LogP contribution in [-0.4, -0.2) is 17.5 Å². The highest BCUT2D eigenvalue weighted by atomic mass is 35.9. The molecule has 0 aliphatic rings. The first-order valence-corrected chi connectivity index (χ1v) is 6.70.